The van der Waals surface area contributed by atoms with Crippen LogP contribution in [0.2, 0.25) is 0 Å². The van der Waals surface area contributed by atoms with Crippen LogP contribution in [0.5, 0.6) is 0 Å². The number of aromatic nitrogens is 2. The fourth-order valence-electron chi connectivity index (χ4n) is 2.56. The van der Waals surface area contributed by atoms with E-state index >= 15 is 0 Å². The topological polar surface area (TPSA) is 58.4 Å². The van der Waals surface area contributed by atoms with Crippen LogP contribution in [0.25, 0.3) is 0 Å². The molecule has 0 bridgehead atoms. The minimum absolute atomic E-state index is 0.0473. The number of aliphatic hydroxyl groups excluding tert-OH is 1. The van der Waals surface area contributed by atoms with Crippen molar-refractivity contribution in [1.82, 2.24) is 14.5 Å². The van der Waals surface area contributed by atoms with Crippen molar-refractivity contribution in [2.45, 2.75) is 25.5 Å². The molecule has 1 unspecified atom stereocenters. The first-order valence-corrected chi connectivity index (χ1v) is 7.61. The van der Waals surface area contributed by atoms with Crippen molar-refractivity contribution in [2.75, 3.05) is 13.6 Å². The van der Waals surface area contributed by atoms with Crippen molar-refractivity contribution in [1.29, 1.82) is 0 Å². The Hall–Kier alpha value is -2.14. The van der Waals surface area contributed by atoms with Gasteiger partial charge in [0.15, 0.2) is 0 Å². The zero-order valence-corrected chi connectivity index (χ0v) is 12.7. The summed E-state index contributed by atoms with van der Waals surface area (Å²) in [5.41, 5.74) is 1.77. The molecule has 1 aliphatic rings. The van der Waals surface area contributed by atoms with Crippen LogP contribution in [0.3, 0.4) is 0 Å². The molecule has 3 rings (SSSR count). The number of hydrogen-bond acceptors (Lipinski definition) is 3. The van der Waals surface area contributed by atoms with Gasteiger partial charge in [0.05, 0.1) is 12.4 Å². The molecule has 1 fully saturated rings. The number of nitrogens with zero attached hydrogens (tertiary/aromatic N) is 3. The molecule has 0 aliphatic heterocycles. The number of amides is 1. The van der Waals surface area contributed by atoms with Crippen LogP contribution in [0.4, 0.5) is 0 Å². The largest absolute Gasteiger partial charge is 0.391 e. The molecule has 1 aromatic carbocycles. The predicted molar refractivity (Wildman–Crippen MR) is 83.5 cm³/mol. The number of hydrogen-bond donors (Lipinski definition) is 1. The number of rotatable bonds is 6. The molecule has 0 radical (unpaired) electrons. The average molecular weight is 299 g/mol. The van der Waals surface area contributed by atoms with Crippen LogP contribution in [0, 0.1) is 5.92 Å². The van der Waals surface area contributed by atoms with Crippen LogP contribution in [0.15, 0.2) is 43.0 Å². The maximum atomic E-state index is 12.4. The van der Waals surface area contributed by atoms with Gasteiger partial charge in [0.1, 0.15) is 0 Å². The Balaban J connectivity index is 1.60. The highest BCUT2D eigenvalue weighted by Crippen LogP contribution is 2.32. The van der Waals surface area contributed by atoms with E-state index in [0.717, 1.165) is 24.9 Å². The molecule has 5 nitrogen and oxygen atoms in total. The molecular weight excluding hydrogens is 278 g/mol. The Bertz CT molecular complexity index is 618. The van der Waals surface area contributed by atoms with Gasteiger partial charge in [-0.15, -0.1) is 0 Å². The van der Waals surface area contributed by atoms with Crippen molar-refractivity contribution in [3.63, 3.8) is 0 Å². The summed E-state index contributed by atoms with van der Waals surface area (Å²) in [5, 5.41) is 9.94. The zero-order valence-electron chi connectivity index (χ0n) is 12.7. The van der Waals surface area contributed by atoms with E-state index in [4.69, 9.17) is 0 Å². The molecule has 1 amide bonds. The SMILES string of the molecule is CN(CC(O)C1CC1)C(=O)c1ccc(Cn2ccnc2)cc1. The highest BCUT2D eigenvalue weighted by molar-refractivity contribution is 5.94. The lowest BCUT2D eigenvalue weighted by Crippen LogP contribution is -2.35. The number of likely N-dealkylation sites (N-methyl/N-ethyl adjacent to an activating group) is 1. The Kier molecular flexibility index (Phi) is 4.24. The Morgan fingerprint density at radius 3 is 2.73 bits per heavy atom. The molecule has 0 saturated heterocycles. The van der Waals surface area contributed by atoms with Crippen LogP contribution >= 0.6 is 0 Å². The van der Waals surface area contributed by atoms with E-state index in [2.05, 4.69) is 4.98 Å². The van der Waals surface area contributed by atoms with E-state index in [9.17, 15) is 9.90 Å². The van der Waals surface area contributed by atoms with Gasteiger partial charge >= 0.3 is 0 Å². The molecule has 5 heteroatoms. The molecule has 116 valence electrons. The van der Waals surface area contributed by atoms with Gasteiger partial charge < -0.3 is 14.6 Å². The first-order chi connectivity index (χ1) is 10.6. The molecule has 1 heterocycles. The van der Waals surface area contributed by atoms with Gasteiger partial charge in [-0.1, -0.05) is 12.1 Å². The first kappa shape index (κ1) is 14.8. The summed E-state index contributed by atoms with van der Waals surface area (Å²) in [7, 11) is 1.74. The first-order valence-electron chi connectivity index (χ1n) is 7.61. The maximum absolute atomic E-state index is 12.4. The summed E-state index contributed by atoms with van der Waals surface area (Å²) in [4.78, 5) is 18.0. The zero-order chi connectivity index (χ0) is 15.5. The van der Waals surface area contributed by atoms with Gasteiger partial charge in [0.25, 0.3) is 5.91 Å². The molecule has 1 atom stereocenters. The number of carbonyl (C=O) groups excluding carboxylic acids is 1. The lowest BCUT2D eigenvalue weighted by atomic mass is 10.1. The maximum Gasteiger partial charge on any atom is 0.253 e. The van der Waals surface area contributed by atoms with E-state index in [1.807, 2.05) is 35.0 Å². The van der Waals surface area contributed by atoms with Crippen LogP contribution < -0.4 is 0 Å². The van der Waals surface area contributed by atoms with E-state index in [-0.39, 0.29) is 5.91 Å². The van der Waals surface area contributed by atoms with Gasteiger partial charge in [-0.05, 0) is 36.5 Å². The van der Waals surface area contributed by atoms with Crippen molar-refractivity contribution in [2.24, 2.45) is 5.92 Å². The van der Waals surface area contributed by atoms with Gasteiger partial charge in [-0.2, -0.15) is 0 Å². The van der Waals surface area contributed by atoms with Gasteiger partial charge in [-0.3, -0.25) is 4.79 Å². The van der Waals surface area contributed by atoms with E-state index < -0.39 is 6.10 Å². The van der Waals surface area contributed by atoms with E-state index in [1.165, 1.54) is 0 Å². The fraction of sp³-hybridized carbons (Fsp3) is 0.412. The monoisotopic (exact) mass is 299 g/mol. The van der Waals surface area contributed by atoms with Gasteiger partial charge in [-0.25, -0.2) is 4.98 Å². The molecule has 2 aromatic rings. The van der Waals surface area contributed by atoms with Crippen molar-refractivity contribution in [3.05, 3.63) is 54.1 Å². The number of aliphatic hydroxyl groups is 1. The second-order valence-corrected chi connectivity index (χ2v) is 6.02. The Morgan fingerprint density at radius 1 is 1.41 bits per heavy atom. The minimum atomic E-state index is -0.394. The fourth-order valence-corrected chi connectivity index (χ4v) is 2.56. The summed E-state index contributed by atoms with van der Waals surface area (Å²) >= 11 is 0. The number of benzene rings is 1. The van der Waals surface area contributed by atoms with E-state index in [0.29, 0.717) is 18.0 Å². The molecule has 1 aromatic heterocycles. The lowest BCUT2D eigenvalue weighted by Gasteiger charge is -2.21. The van der Waals surface area contributed by atoms with Crippen molar-refractivity contribution < 1.29 is 9.90 Å². The molecule has 1 N–H and O–H groups in total. The van der Waals surface area contributed by atoms with Crippen LogP contribution in [-0.2, 0) is 6.54 Å². The summed E-state index contributed by atoms with van der Waals surface area (Å²) < 4.78 is 1.98. The second kappa shape index (κ2) is 6.32. The molecule has 22 heavy (non-hydrogen) atoms. The van der Waals surface area contributed by atoms with Crippen LogP contribution in [-0.4, -0.2) is 45.2 Å². The highest BCUT2D eigenvalue weighted by atomic mass is 16.3. The summed E-state index contributed by atoms with van der Waals surface area (Å²) in [6.45, 7) is 1.14. The van der Waals surface area contributed by atoms with Crippen molar-refractivity contribution >= 4 is 5.91 Å². The summed E-state index contributed by atoms with van der Waals surface area (Å²) in [6.07, 6.45) is 7.18. The third-order valence-electron chi connectivity index (χ3n) is 4.10. The summed E-state index contributed by atoms with van der Waals surface area (Å²) in [5.74, 6) is 0.335. The Morgan fingerprint density at radius 2 is 2.14 bits per heavy atom. The van der Waals surface area contributed by atoms with Gasteiger partial charge in [0, 0.05) is 38.1 Å². The second-order valence-electron chi connectivity index (χ2n) is 6.02. The molecule has 1 saturated carbocycles. The van der Waals surface area contributed by atoms with E-state index in [1.54, 1.807) is 24.5 Å². The predicted octanol–water partition coefficient (Wildman–Crippen LogP) is 1.77. The van der Waals surface area contributed by atoms with Gasteiger partial charge in [0.2, 0.25) is 0 Å². The number of imidazole rings is 1. The third kappa shape index (κ3) is 3.54. The number of carbonyl (C=O) groups is 1. The quantitative estimate of drug-likeness (QED) is 0.884. The average Bonchev–Trinajstić information content (AvgIpc) is 3.26. The third-order valence-corrected chi connectivity index (χ3v) is 4.10. The van der Waals surface area contributed by atoms with Crippen LogP contribution in [0.1, 0.15) is 28.8 Å². The highest BCUT2D eigenvalue weighted by Gasteiger charge is 2.31. The normalized spacial score (nSPS) is 15.5. The summed E-state index contributed by atoms with van der Waals surface area (Å²) in [6, 6.07) is 7.60. The minimum Gasteiger partial charge on any atom is -0.391 e. The molecular formula is C17H21N3O2. The Labute approximate surface area is 130 Å². The smallest absolute Gasteiger partial charge is 0.253 e. The molecule has 1 aliphatic carbocycles. The lowest BCUT2D eigenvalue weighted by molar-refractivity contribution is 0.0645. The molecule has 0 spiro atoms. The van der Waals surface area contributed by atoms with Crippen molar-refractivity contribution in [3.8, 4) is 0 Å². The standard InChI is InChI=1S/C17H21N3O2/c1-19(11-16(21)14-6-7-14)17(22)15-4-2-13(3-5-15)10-20-9-8-18-12-20/h2-5,8-9,12,14,16,21H,6-7,10-11H2,1H3.